The molecule has 1 heterocycles. The van der Waals surface area contributed by atoms with Gasteiger partial charge in [0.25, 0.3) is 0 Å². The maximum absolute atomic E-state index is 4.53. The quantitative estimate of drug-likeness (QED) is 0.838. The summed E-state index contributed by atoms with van der Waals surface area (Å²) >= 11 is 0. The fourth-order valence-electron chi connectivity index (χ4n) is 3.62. The molecule has 0 radical (unpaired) electrons. The Kier molecular flexibility index (Phi) is 5.00. The summed E-state index contributed by atoms with van der Waals surface area (Å²) in [6.07, 6.45) is 7.79. The third kappa shape index (κ3) is 3.94. The molecular weight excluding hydrogens is 246 g/mol. The van der Waals surface area contributed by atoms with Crippen molar-refractivity contribution < 1.29 is 0 Å². The van der Waals surface area contributed by atoms with Crippen LogP contribution in [0.1, 0.15) is 64.4 Å². The van der Waals surface area contributed by atoms with Gasteiger partial charge in [-0.2, -0.15) is 0 Å². The molecule has 1 aromatic heterocycles. The van der Waals surface area contributed by atoms with Crippen LogP contribution in [0, 0.1) is 18.3 Å². The SMILES string of the molecule is CCc1cc(NCC2(CC(C)C)CCCC2)nc(C)n1. The Morgan fingerprint density at radius 3 is 2.55 bits per heavy atom. The maximum Gasteiger partial charge on any atom is 0.129 e. The summed E-state index contributed by atoms with van der Waals surface area (Å²) in [4.78, 5) is 8.98. The van der Waals surface area contributed by atoms with Crippen molar-refractivity contribution in [3.8, 4) is 0 Å². The van der Waals surface area contributed by atoms with Crippen LogP contribution in [0.25, 0.3) is 0 Å². The second kappa shape index (κ2) is 6.55. The van der Waals surface area contributed by atoms with E-state index in [1.807, 2.05) is 6.92 Å². The molecule has 1 aromatic rings. The highest BCUT2D eigenvalue weighted by Gasteiger charge is 2.34. The highest BCUT2D eigenvalue weighted by Crippen LogP contribution is 2.43. The lowest BCUT2D eigenvalue weighted by Crippen LogP contribution is -2.29. The summed E-state index contributed by atoms with van der Waals surface area (Å²) in [5.41, 5.74) is 1.61. The average Bonchev–Trinajstić information content (AvgIpc) is 2.84. The molecule has 0 bridgehead atoms. The molecular formula is C17H29N3. The summed E-state index contributed by atoms with van der Waals surface area (Å²) in [7, 11) is 0. The Morgan fingerprint density at radius 2 is 1.95 bits per heavy atom. The third-order valence-electron chi connectivity index (χ3n) is 4.40. The molecule has 3 heteroatoms. The highest BCUT2D eigenvalue weighted by atomic mass is 15.0. The lowest BCUT2D eigenvalue weighted by atomic mass is 9.78. The van der Waals surface area contributed by atoms with Gasteiger partial charge in [-0.05, 0) is 43.9 Å². The van der Waals surface area contributed by atoms with Crippen LogP contribution in [-0.2, 0) is 6.42 Å². The molecule has 112 valence electrons. The van der Waals surface area contributed by atoms with E-state index in [1.165, 1.54) is 32.1 Å². The Labute approximate surface area is 123 Å². The smallest absolute Gasteiger partial charge is 0.129 e. The fraction of sp³-hybridized carbons (Fsp3) is 0.765. The number of nitrogens with zero attached hydrogens (tertiary/aromatic N) is 2. The molecule has 0 unspecified atom stereocenters. The van der Waals surface area contributed by atoms with Gasteiger partial charge in [-0.25, -0.2) is 9.97 Å². The predicted molar refractivity (Wildman–Crippen MR) is 85.0 cm³/mol. The summed E-state index contributed by atoms with van der Waals surface area (Å²) in [6, 6.07) is 2.10. The summed E-state index contributed by atoms with van der Waals surface area (Å²) in [6.45, 7) is 9.85. The molecule has 1 aliphatic rings. The monoisotopic (exact) mass is 275 g/mol. The van der Waals surface area contributed by atoms with Crippen LogP contribution in [0.4, 0.5) is 5.82 Å². The van der Waals surface area contributed by atoms with Gasteiger partial charge >= 0.3 is 0 Å². The van der Waals surface area contributed by atoms with Crippen molar-refractivity contribution in [2.24, 2.45) is 11.3 Å². The average molecular weight is 275 g/mol. The minimum atomic E-state index is 0.486. The van der Waals surface area contributed by atoms with Gasteiger partial charge in [-0.1, -0.05) is 33.6 Å². The third-order valence-corrected chi connectivity index (χ3v) is 4.40. The van der Waals surface area contributed by atoms with Gasteiger partial charge < -0.3 is 5.32 Å². The van der Waals surface area contributed by atoms with Crippen molar-refractivity contribution >= 4 is 5.82 Å². The molecule has 20 heavy (non-hydrogen) atoms. The van der Waals surface area contributed by atoms with E-state index < -0.39 is 0 Å². The summed E-state index contributed by atoms with van der Waals surface area (Å²) in [5, 5.41) is 3.60. The Balaban J connectivity index is 2.04. The van der Waals surface area contributed by atoms with Crippen LogP contribution in [-0.4, -0.2) is 16.5 Å². The maximum atomic E-state index is 4.53. The zero-order valence-corrected chi connectivity index (χ0v) is 13.5. The highest BCUT2D eigenvalue weighted by molar-refractivity contribution is 5.36. The van der Waals surface area contributed by atoms with Crippen molar-refractivity contribution in [3.63, 3.8) is 0 Å². The van der Waals surface area contributed by atoms with Crippen LogP contribution in [0.15, 0.2) is 6.07 Å². The van der Waals surface area contributed by atoms with Crippen LogP contribution < -0.4 is 5.32 Å². The number of rotatable bonds is 6. The molecule has 0 amide bonds. The summed E-state index contributed by atoms with van der Waals surface area (Å²) < 4.78 is 0. The first-order chi connectivity index (χ1) is 9.53. The standard InChI is InChI=1S/C17H29N3/c1-5-15-10-16(20-14(4)19-15)18-12-17(11-13(2)3)8-6-7-9-17/h10,13H,5-9,11-12H2,1-4H3,(H,18,19,20). The number of aromatic nitrogens is 2. The first-order valence-corrected chi connectivity index (χ1v) is 8.11. The molecule has 0 saturated heterocycles. The minimum Gasteiger partial charge on any atom is -0.369 e. The van der Waals surface area contributed by atoms with E-state index in [4.69, 9.17) is 0 Å². The van der Waals surface area contributed by atoms with Gasteiger partial charge in [-0.3, -0.25) is 0 Å². The van der Waals surface area contributed by atoms with Crippen molar-refractivity contribution in [2.75, 3.05) is 11.9 Å². The van der Waals surface area contributed by atoms with E-state index in [1.54, 1.807) is 0 Å². The zero-order chi connectivity index (χ0) is 14.6. The van der Waals surface area contributed by atoms with E-state index in [9.17, 15) is 0 Å². The molecule has 0 aliphatic heterocycles. The van der Waals surface area contributed by atoms with Crippen molar-refractivity contribution in [2.45, 2.75) is 66.2 Å². The normalized spacial score (nSPS) is 17.6. The van der Waals surface area contributed by atoms with Crippen molar-refractivity contribution in [3.05, 3.63) is 17.6 Å². The lowest BCUT2D eigenvalue weighted by Gasteiger charge is -2.31. The number of hydrogen-bond acceptors (Lipinski definition) is 3. The van der Waals surface area contributed by atoms with Gasteiger partial charge in [0.05, 0.1) is 0 Å². The Morgan fingerprint density at radius 1 is 1.25 bits per heavy atom. The minimum absolute atomic E-state index is 0.486. The molecule has 0 aromatic carbocycles. The number of aryl methyl sites for hydroxylation is 2. The molecule has 0 atom stereocenters. The lowest BCUT2D eigenvalue weighted by molar-refractivity contribution is 0.252. The van der Waals surface area contributed by atoms with Gasteiger partial charge in [0.2, 0.25) is 0 Å². The van der Waals surface area contributed by atoms with Crippen LogP contribution in [0.5, 0.6) is 0 Å². The topological polar surface area (TPSA) is 37.8 Å². The second-order valence-corrected chi connectivity index (χ2v) is 6.80. The molecule has 1 aliphatic carbocycles. The number of anilines is 1. The second-order valence-electron chi connectivity index (χ2n) is 6.80. The van der Waals surface area contributed by atoms with Gasteiger partial charge in [0.15, 0.2) is 0 Å². The Hall–Kier alpha value is -1.12. The first kappa shape index (κ1) is 15.3. The molecule has 0 spiro atoms. The molecule has 1 fully saturated rings. The predicted octanol–water partition coefficient (Wildman–Crippen LogP) is 4.37. The van der Waals surface area contributed by atoms with E-state index in [0.29, 0.717) is 5.41 Å². The van der Waals surface area contributed by atoms with E-state index in [-0.39, 0.29) is 0 Å². The largest absolute Gasteiger partial charge is 0.369 e. The number of nitrogens with one attached hydrogen (secondary N) is 1. The first-order valence-electron chi connectivity index (χ1n) is 8.11. The zero-order valence-electron chi connectivity index (χ0n) is 13.5. The molecule has 1 saturated carbocycles. The number of hydrogen-bond donors (Lipinski definition) is 1. The van der Waals surface area contributed by atoms with E-state index >= 15 is 0 Å². The van der Waals surface area contributed by atoms with E-state index in [0.717, 1.165) is 36.2 Å². The molecule has 3 nitrogen and oxygen atoms in total. The van der Waals surface area contributed by atoms with E-state index in [2.05, 4.69) is 42.1 Å². The van der Waals surface area contributed by atoms with Gasteiger partial charge in [-0.15, -0.1) is 0 Å². The fourth-order valence-corrected chi connectivity index (χ4v) is 3.62. The Bertz CT molecular complexity index is 434. The van der Waals surface area contributed by atoms with Crippen molar-refractivity contribution in [1.29, 1.82) is 0 Å². The van der Waals surface area contributed by atoms with Crippen LogP contribution in [0.2, 0.25) is 0 Å². The summed E-state index contributed by atoms with van der Waals surface area (Å²) in [5.74, 6) is 2.65. The van der Waals surface area contributed by atoms with Crippen LogP contribution >= 0.6 is 0 Å². The molecule has 2 rings (SSSR count). The van der Waals surface area contributed by atoms with Crippen molar-refractivity contribution in [1.82, 2.24) is 9.97 Å². The molecule has 1 N–H and O–H groups in total. The van der Waals surface area contributed by atoms with Gasteiger partial charge in [0, 0.05) is 18.3 Å². The van der Waals surface area contributed by atoms with Gasteiger partial charge in [0.1, 0.15) is 11.6 Å². The van der Waals surface area contributed by atoms with Crippen LogP contribution in [0.3, 0.4) is 0 Å².